The van der Waals surface area contributed by atoms with Crippen molar-refractivity contribution in [1.29, 1.82) is 0 Å². The van der Waals surface area contributed by atoms with Gasteiger partial charge in [-0.05, 0) is 62.3 Å². The van der Waals surface area contributed by atoms with Crippen LogP contribution in [0.3, 0.4) is 0 Å². The number of carbonyl (C=O) groups is 1. The fraction of sp³-hybridized carbons (Fsp3) is 0.409. The average Bonchev–Trinajstić information content (AvgIpc) is 3.15. The number of fused-ring (bicyclic) bond motifs is 1. The van der Waals surface area contributed by atoms with E-state index in [1.165, 1.54) is 17.5 Å². The van der Waals surface area contributed by atoms with Gasteiger partial charge in [0.05, 0.1) is 0 Å². The molecule has 2 aromatic rings. The minimum absolute atomic E-state index is 0.0975. The standard InChI is InChI=1S/C22H25NO3/c1-16-2-4-17(5-3-16)6-7-18-10-12-23(13-11-18)22(24)19-8-9-20-21(14-19)26-15-25-20/h2-5,8-9,14,18H,6-7,10-13,15H2,1H3. The van der Waals surface area contributed by atoms with Gasteiger partial charge in [0.2, 0.25) is 6.79 Å². The van der Waals surface area contributed by atoms with Crippen LogP contribution in [0.5, 0.6) is 11.5 Å². The Morgan fingerprint density at radius 1 is 1.04 bits per heavy atom. The molecule has 1 saturated heterocycles. The van der Waals surface area contributed by atoms with Crippen LogP contribution in [0, 0.1) is 12.8 Å². The summed E-state index contributed by atoms with van der Waals surface area (Å²) >= 11 is 0. The Hall–Kier alpha value is -2.49. The lowest BCUT2D eigenvalue weighted by Gasteiger charge is -2.32. The molecule has 4 heteroatoms. The summed E-state index contributed by atoms with van der Waals surface area (Å²) < 4.78 is 10.7. The maximum absolute atomic E-state index is 12.7. The predicted octanol–water partition coefficient (Wildman–Crippen LogP) is 4.21. The number of nitrogens with zero attached hydrogens (tertiary/aromatic N) is 1. The maximum Gasteiger partial charge on any atom is 0.253 e. The van der Waals surface area contributed by atoms with Gasteiger partial charge in [-0.2, -0.15) is 0 Å². The topological polar surface area (TPSA) is 38.8 Å². The second-order valence-electron chi connectivity index (χ2n) is 7.33. The second kappa shape index (κ2) is 7.40. The molecule has 26 heavy (non-hydrogen) atoms. The van der Waals surface area contributed by atoms with Crippen molar-refractivity contribution in [2.24, 2.45) is 5.92 Å². The molecule has 1 fully saturated rings. The van der Waals surface area contributed by atoms with E-state index in [0.29, 0.717) is 17.2 Å². The van der Waals surface area contributed by atoms with Crippen LogP contribution in [0.4, 0.5) is 0 Å². The number of ether oxygens (including phenoxy) is 2. The van der Waals surface area contributed by atoms with E-state index in [1.807, 2.05) is 17.0 Å². The fourth-order valence-corrected chi connectivity index (χ4v) is 3.76. The van der Waals surface area contributed by atoms with Gasteiger partial charge < -0.3 is 14.4 Å². The summed E-state index contributed by atoms with van der Waals surface area (Å²) in [6.07, 6.45) is 4.50. The molecule has 0 saturated carbocycles. The molecule has 4 nitrogen and oxygen atoms in total. The Balaban J connectivity index is 1.29. The fourth-order valence-electron chi connectivity index (χ4n) is 3.76. The van der Waals surface area contributed by atoms with Gasteiger partial charge in [-0.1, -0.05) is 29.8 Å². The first-order valence-corrected chi connectivity index (χ1v) is 9.43. The van der Waals surface area contributed by atoms with Crippen LogP contribution in [-0.4, -0.2) is 30.7 Å². The van der Waals surface area contributed by atoms with Crippen LogP contribution in [0.2, 0.25) is 0 Å². The zero-order valence-electron chi connectivity index (χ0n) is 15.2. The quantitative estimate of drug-likeness (QED) is 0.828. The number of rotatable bonds is 4. The first kappa shape index (κ1) is 17.0. The van der Waals surface area contributed by atoms with Gasteiger partial charge >= 0.3 is 0 Å². The van der Waals surface area contributed by atoms with E-state index in [9.17, 15) is 4.79 Å². The van der Waals surface area contributed by atoms with Crippen LogP contribution < -0.4 is 9.47 Å². The van der Waals surface area contributed by atoms with E-state index in [4.69, 9.17) is 9.47 Å². The molecule has 2 aliphatic heterocycles. The molecule has 2 aromatic carbocycles. The van der Waals surface area contributed by atoms with Gasteiger partial charge in [0.15, 0.2) is 11.5 Å². The molecule has 136 valence electrons. The molecular weight excluding hydrogens is 326 g/mol. The monoisotopic (exact) mass is 351 g/mol. The van der Waals surface area contributed by atoms with Crippen molar-refractivity contribution in [3.05, 3.63) is 59.2 Å². The average molecular weight is 351 g/mol. The third-order valence-electron chi connectivity index (χ3n) is 5.48. The molecule has 0 unspecified atom stereocenters. The molecule has 0 aromatic heterocycles. The van der Waals surface area contributed by atoms with Crippen LogP contribution in [0.15, 0.2) is 42.5 Å². The number of hydrogen-bond acceptors (Lipinski definition) is 3. The number of piperidine rings is 1. The summed E-state index contributed by atoms with van der Waals surface area (Å²) in [5.74, 6) is 2.19. The molecule has 0 bridgehead atoms. The van der Waals surface area contributed by atoms with Crippen molar-refractivity contribution in [3.8, 4) is 11.5 Å². The molecule has 4 rings (SSSR count). The number of benzene rings is 2. The van der Waals surface area contributed by atoms with E-state index >= 15 is 0 Å². The van der Waals surface area contributed by atoms with Gasteiger partial charge in [-0.3, -0.25) is 4.79 Å². The zero-order valence-corrected chi connectivity index (χ0v) is 15.2. The highest BCUT2D eigenvalue weighted by molar-refractivity contribution is 5.95. The number of carbonyl (C=O) groups excluding carboxylic acids is 1. The molecular formula is C22H25NO3. The molecule has 0 radical (unpaired) electrons. The highest BCUT2D eigenvalue weighted by atomic mass is 16.7. The summed E-state index contributed by atoms with van der Waals surface area (Å²) in [4.78, 5) is 14.7. The Morgan fingerprint density at radius 3 is 2.54 bits per heavy atom. The highest BCUT2D eigenvalue weighted by Crippen LogP contribution is 2.33. The first-order chi connectivity index (χ1) is 12.7. The SMILES string of the molecule is Cc1ccc(CCC2CCN(C(=O)c3ccc4c(c3)OCO4)CC2)cc1. The Bertz CT molecular complexity index is 776. The van der Waals surface area contributed by atoms with Crippen molar-refractivity contribution in [1.82, 2.24) is 4.90 Å². The summed E-state index contributed by atoms with van der Waals surface area (Å²) in [6.45, 7) is 4.04. The van der Waals surface area contributed by atoms with Gasteiger partial charge in [0, 0.05) is 18.7 Å². The third kappa shape index (κ3) is 3.69. The van der Waals surface area contributed by atoms with Gasteiger partial charge in [0.25, 0.3) is 5.91 Å². The molecule has 0 atom stereocenters. The second-order valence-corrected chi connectivity index (χ2v) is 7.33. The Morgan fingerprint density at radius 2 is 1.77 bits per heavy atom. The van der Waals surface area contributed by atoms with Crippen molar-refractivity contribution in [2.45, 2.75) is 32.6 Å². The predicted molar refractivity (Wildman–Crippen MR) is 101 cm³/mol. The lowest BCUT2D eigenvalue weighted by Crippen LogP contribution is -2.38. The molecule has 0 N–H and O–H groups in total. The van der Waals surface area contributed by atoms with Crippen molar-refractivity contribution in [2.75, 3.05) is 19.9 Å². The number of likely N-dealkylation sites (tertiary alicyclic amines) is 1. The number of aryl methyl sites for hydroxylation is 2. The summed E-state index contributed by atoms with van der Waals surface area (Å²) in [7, 11) is 0. The Labute approximate surface area is 154 Å². The first-order valence-electron chi connectivity index (χ1n) is 9.43. The number of hydrogen-bond donors (Lipinski definition) is 0. The van der Waals surface area contributed by atoms with Crippen molar-refractivity contribution in [3.63, 3.8) is 0 Å². The van der Waals surface area contributed by atoms with Crippen LogP contribution in [0.1, 0.15) is 40.7 Å². The maximum atomic E-state index is 12.7. The van der Waals surface area contributed by atoms with E-state index in [0.717, 1.165) is 38.1 Å². The van der Waals surface area contributed by atoms with Gasteiger partial charge in [-0.25, -0.2) is 0 Å². The van der Waals surface area contributed by atoms with Gasteiger partial charge in [-0.15, -0.1) is 0 Å². The third-order valence-corrected chi connectivity index (χ3v) is 5.48. The lowest BCUT2D eigenvalue weighted by atomic mass is 9.90. The van der Waals surface area contributed by atoms with Crippen LogP contribution >= 0.6 is 0 Å². The van der Waals surface area contributed by atoms with Gasteiger partial charge in [0.1, 0.15) is 0 Å². The largest absolute Gasteiger partial charge is 0.454 e. The van der Waals surface area contributed by atoms with Crippen LogP contribution in [-0.2, 0) is 6.42 Å². The number of amides is 1. The van der Waals surface area contributed by atoms with E-state index in [2.05, 4.69) is 31.2 Å². The summed E-state index contributed by atoms with van der Waals surface area (Å²) in [5, 5.41) is 0. The lowest BCUT2D eigenvalue weighted by molar-refractivity contribution is 0.0686. The van der Waals surface area contributed by atoms with E-state index in [-0.39, 0.29) is 12.7 Å². The molecule has 2 aliphatic rings. The minimum Gasteiger partial charge on any atom is -0.454 e. The summed E-state index contributed by atoms with van der Waals surface area (Å²) in [5.41, 5.74) is 3.41. The Kier molecular flexibility index (Phi) is 4.83. The normalized spacial score (nSPS) is 16.7. The molecule has 0 spiro atoms. The highest BCUT2D eigenvalue weighted by Gasteiger charge is 2.25. The zero-order chi connectivity index (χ0) is 17.9. The molecule has 1 amide bonds. The van der Waals surface area contributed by atoms with Crippen molar-refractivity contribution < 1.29 is 14.3 Å². The smallest absolute Gasteiger partial charge is 0.253 e. The van der Waals surface area contributed by atoms with E-state index < -0.39 is 0 Å². The molecule has 0 aliphatic carbocycles. The minimum atomic E-state index is 0.0975. The van der Waals surface area contributed by atoms with E-state index in [1.54, 1.807) is 6.07 Å². The van der Waals surface area contributed by atoms with Crippen LogP contribution in [0.25, 0.3) is 0 Å². The van der Waals surface area contributed by atoms with Crippen molar-refractivity contribution >= 4 is 5.91 Å². The summed E-state index contributed by atoms with van der Waals surface area (Å²) in [6, 6.07) is 14.3. The molecule has 2 heterocycles.